The molecule has 0 spiro atoms. The second-order valence-electron chi connectivity index (χ2n) is 2.39. The van der Waals surface area contributed by atoms with Gasteiger partial charge in [-0.15, -0.1) is 0 Å². The highest BCUT2D eigenvalue weighted by Gasteiger charge is 2.06. The minimum atomic E-state index is 0.292. The Morgan fingerprint density at radius 2 is 2.56 bits per heavy atom. The molecule has 0 radical (unpaired) electrons. The van der Waals surface area contributed by atoms with E-state index in [1.54, 1.807) is 0 Å². The largest absolute Gasteiger partial charge is 0.324 e. The van der Waals surface area contributed by atoms with E-state index >= 15 is 0 Å². The lowest BCUT2D eigenvalue weighted by Gasteiger charge is -2.08. The van der Waals surface area contributed by atoms with Gasteiger partial charge in [0.1, 0.15) is 0 Å². The summed E-state index contributed by atoms with van der Waals surface area (Å²) >= 11 is 0. The van der Waals surface area contributed by atoms with Crippen LogP contribution in [0, 0.1) is 0 Å². The molecule has 0 saturated heterocycles. The Kier molecular flexibility index (Phi) is 2.06. The second-order valence-corrected chi connectivity index (χ2v) is 2.39. The van der Waals surface area contributed by atoms with Gasteiger partial charge in [0.05, 0.1) is 0 Å². The van der Waals surface area contributed by atoms with Gasteiger partial charge in [0.2, 0.25) is 0 Å². The molecule has 0 saturated carbocycles. The maximum atomic E-state index is 5.77. The molecule has 0 amide bonds. The van der Waals surface area contributed by atoms with Crippen molar-refractivity contribution in [3.05, 3.63) is 23.8 Å². The molecule has 0 aromatic carbocycles. The third kappa shape index (κ3) is 1.42. The summed E-state index contributed by atoms with van der Waals surface area (Å²) in [6, 6.07) is 0.292. The van der Waals surface area contributed by atoms with Crippen molar-refractivity contribution in [1.82, 2.24) is 0 Å². The molecule has 9 heavy (non-hydrogen) atoms. The molecule has 0 fully saturated rings. The van der Waals surface area contributed by atoms with Gasteiger partial charge in [0.15, 0.2) is 0 Å². The van der Waals surface area contributed by atoms with Crippen LogP contribution in [0.15, 0.2) is 23.8 Å². The van der Waals surface area contributed by atoms with Crippen LogP contribution < -0.4 is 5.73 Å². The van der Waals surface area contributed by atoms with E-state index in [-0.39, 0.29) is 0 Å². The molecule has 1 aliphatic rings. The average Bonchev–Trinajstić information content (AvgIpc) is 2.37. The number of rotatable bonds is 2. The van der Waals surface area contributed by atoms with Crippen LogP contribution in [0.2, 0.25) is 0 Å². The Hall–Kier alpha value is -0.560. The summed E-state index contributed by atoms with van der Waals surface area (Å²) in [7, 11) is 0. The molecule has 0 aliphatic heterocycles. The quantitative estimate of drug-likeness (QED) is 0.593. The SMILES string of the molecule is CCC(N)C1=CC=CC1. The van der Waals surface area contributed by atoms with Gasteiger partial charge in [-0.3, -0.25) is 0 Å². The Morgan fingerprint density at radius 3 is 3.00 bits per heavy atom. The van der Waals surface area contributed by atoms with Crippen LogP contribution in [0.4, 0.5) is 0 Å². The van der Waals surface area contributed by atoms with Crippen molar-refractivity contribution < 1.29 is 0 Å². The molecule has 2 N–H and O–H groups in total. The van der Waals surface area contributed by atoms with Crippen molar-refractivity contribution in [2.75, 3.05) is 0 Å². The minimum Gasteiger partial charge on any atom is -0.324 e. The van der Waals surface area contributed by atoms with Crippen LogP contribution in [0.3, 0.4) is 0 Å². The van der Waals surface area contributed by atoms with E-state index in [2.05, 4.69) is 25.2 Å². The highest BCUT2D eigenvalue weighted by Crippen LogP contribution is 2.14. The lowest BCUT2D eigenvalue weighted by atomic mass is 10.1. The van der Waals surface area contributed by atoms with Crippen LogP contribution in [0.5, 0.6) is 0 Å². The molecule has 1 unspecified atom stereocenters. The second kappa shape index (κ2) is 2.83. The van der Waals surface area contributed by atoms with E-state index in [1.807, 2.05) is 0 Å². The van der Waals surface area contributed by atoms with Gasteiger partial charge >= 0.3 is 0 Å². The summed E-state index contributed by atoms with van der Waals surface area (Å²) in [5.74, 6) is 0. The van der Waals surface area contributed by atoms with Crippen LogP contribution in [0.1, 0.15) is 19.8 Å². The van der Waals surface area contributed by atoms with Crippen molar-refractivity contribution in [1.29, 1.82) is 0 Å². The molecule has 0 aromatic heterocycles. The van der Waals surface area contributed by atoms with Crippen molar-refractivity contribution in [2.24, 2.45) is 5.73 Å². The normalized spacial score (nSPS) is 20.0. The van der Waals surface area contributed by atoms with Gasteiger partial charge in [-0.25, -0.2) is 0 Å². The summed E-state index contributed by atoms with van der Waals surface area (Å²) in [6.45, 7) is 2.11. The molecule has 1 heteroatoms. The molecule has 0 aromatic rings. The Balaban J connectivity index is 2.45. The van der Waals surface area contributed by atoms with Crippen molar-refractivity contribution >= 4 is 0 Å². The Morgan fingerprint density at radius 1 is 1.78 bits per heavy atom. The summed E-state index contributed by atoms with van der Waals surface area (Å²) < 4.78 is 0. The lowest BCUT2D eigenvalue weighted by Crippen LogP contribution is -2.20. The van der Waals surface area contributed by atoms with E-state index in [0.29, 0.717) is 6.04 Å². The molecule has 1 nitrogen and oxygen atoms in total. The zero-order chi connectivity index (χ0) is 6.69. The molecule has 1 aliphatic carbocycles. The molecular weight excluding hydrogens is 110 g/mol. The fraction of sp³-hybridized carbons (Fsp3) is 0.500. The topological polar surface area (TPSA) is 26.0 Å². The van der Waals surface area contributed by atoms with Crippen LogP contribution >= 0.6 is 0 Å². The first-order valence-electron chi connectivity index (χ1n) is 3.45. The van der Waals surface area contributed by atoms with Gasteiger partial charge < -0.3 is 5.73 Å². The summed E-state index contributed by atoms with van der Waals surface area (Å²) in [4.78, 5) is 0. The highest BCUT2D eigenvalue weighted by atomic mass is 14.6. The molecular formula is C8H13N. The minimum absolute atomic E-state index is 0.292. The Bertz CT molecular complexity index is 145. The van der Waals surface area contributed by atoms with E-state index in [4.69, 9.17) is 5.73 Å². The van der Waals surface area contributed by atoms with E-state index in [9.17, 15) is 0 Å². The molecule has 0 heterocycles. The van der Waals surface area contributed by atoms with E-state index in [1.165, 1.54) is 5.57 Å². The summed E-state index contributed by atoms with van der Waals surface area (Å²) in [6.07, 6.45) is 8.45. The van der Waals surface area contributed by atoms with Gasteiger partial charge in [0, 0.05) is 6.04 Å². The first-order valence-corrected chi connectivity index (χ1v) is 3.45. The van der Waals surface area contributed by atoms with Gasteiger partial charge in [-0.2, -0.15) is 0 Å². The predicted octanol–water partition coefficient (Wildman–Crippen LogP) is 1.61. The maximum Gasteiger partial charge on any atom is 0.0257 e. The zero-order valence-electron chi connectivity index (χ0n) is 5.80. The van der Waals surface area contributed by atoms with Gasteiger partial charge in [0.25, 0.3) is 0 Å². The number of nitrogens with two attached hydrogens (primary N) is 1. The third-order valence-electron chi connectivity index (χ3n) is 1.72. The van der Waals surface area contributed by atoms with Gasteiger partial charge in [-0.1, -0.05) is 25.2 Å². The van der Waals surface area contributed by atoms with Crippen molar-refractivity contribution in [3.8, 4) is 0 Å². The first-order chi connectivity index (χ1) is 4.34. The average molecular weight is 123 g/mol. The van der Waals surface area contributed by atoms with Gasteiger partial charge in [-0.05, 0) is 18.4 Å². The van der Waals surface area contributed by atoms with E-state index < -0.39 is 0 Å². The maximum absolute atomic E-state index is 5.77. The zero-order valence-corrected chi connectivity index (χ0v) is 5.80. The predicted molar refractivity (Wildman–Crippen MR) is 40.1 cm³/mol. The van der Waals surface area contributed by atoms with E-state index in [0.717, 1.165) is 12.8 Å². The smallest absolute Gasteiger partial charge is 0.0257 e. The lowest BCUT2D eigenvalue weighted by molar-refractivity contribution is 0.728. The van der Waals surface area contributed by atoms with Crippen molar-refractivity contribution in [2.45, 2.75) is 25.8 Å². The fourth-order valence-corrected chi connectivity index (χ4v) is 1.00. The van der Waals surface area contributed by atoms with Crippen LogP contribution in [-0.4, -0.2) is 6.04 Å². The number of allylic oxidation sites excluding steroid dienone is 3. The molecule has 1 atom stereocenters. The Labute approximate surface area is 56.2 Å². The molecule has 1 rings (SSSR count). The highest BCUT2D eigenvalue weighted by molar-refractivity contribution is 5.26. The fourth-order valence-electron chi connectivity index (χ4n) is 1.00. The third-order valence-corrected chi connectivity index (χ3v) is 1.72. The standard InChI is InChI=1S/C8H13N/c1-2-8(9)7-5-3-4-6-7/h3-5,8H,2,6,9H2,1H3. The number of hydrogen-bond acceptors (Lipinski definition) is 1. The monoisotopic (exact) mass is 123 g/mol. The summed E-state index contributed by atoms with van der Waals surface area (Å²) in [5.41, 5.74) is 7.14. The van der Waals surface area contributed by atoms with Crippen LogP contribution in [0.25, 0.3) is 0 Å². The van der Waals surface area contributed by atoms with Crippen LogP contribution in [-0.2, 0) is 0 Å². The first kappa shape index (κ1) is 6.56. The number of hydrogen-bond donors (Lipinski definition) is 1. The summed E-state index contributed by atoms with van der Waals surface area (Å²) in [5, 5.41) is 0. The molecule has 50 valence electrons. The molecule has 0 bridgehead atoms. The van der Waals surface area contributed by atoms with Crippen molar-refractivity contribution in [3.63, 3.8) is 0 Å².